The number of aromatic nitrogens is 6. The number of nitrogens with zero attached hydrogens (tertiary/aromatic N) is 7. The molecule has 0 aliphatic carbocycles. The normalized spacial score (nSPS) is 11.3. The summed E-state index contributed by atoms with van der Waals surface area (Å²) in [4.78, 5) is 13.0. The molecule has 150 valence electrons. The molecule has 0 amide bonds. The number of imidazole rings is 1. The summed E-state index contributed by atoms with van der Waals surface area (Å²) in [5, 5.41) is 14.9. The quantitative estimate of drug-likeness (QED) is 0.246. The van der Waals surface area contributed by atoms with Crippen molar-refractivity contribution < 1.29 is 0 Å². The molecule has 0 radical (unpaired) electrons. The van der Waals surface area contributed by atoms with Crippen LogP contribution in [0.25, 0.3) is 11.5 Å². The maximum Gasteiger partial charge on any atom is 0.191 e. The number of aryl methyl sites for hydroxylation is 1. The highest BCUT2D eigenvalue weighted by Gasteiger charge is 2.06. The Labute approximate surface area is 185 Å². The molecule has 0 aliphatic heterocycles. The van der Waals surface area contributed by atoms with E-state index in [0.717, 1.165) is 28.7 Å². The van der Waals surface area contributed by atoms with Crippen LogP contribution in [0.15, 0.2) is 60.1 Å². The van der Waals surface area contributed by atoms with Crippen LogP contribution in [0, 0.1) is 6.92 Å². The third-order valence-electron chi connectivity index (χ3n) is 4.36. The van der Waals surface area contributed by atoms with E-state index in [1.807, 2.05) is 64.8 Å². The summed E-state index contributed by atoms with van der Waals surface area (Å²) in [6.07, 6.45) is 7.45. The van der Waals surface area contributed by atoms with Crippen molar-refractivity contribution in [2.75, 3.05) is 7.05 Å². The molecule has 0 bridgehead atoms. The highest BCUT2D eigenvalue weighted by atomic mass is 127. The van der Waals surface area contributed by atoms with E-state index in [-0.39, 0.29) is 24.0 Å². The zero-order chi connectivity index (χ0) is 19.3. The van der Waals surface area contributed by atoms with Gasteiger partial charge in [0.1, 0.15) is 11.6 Å². The number of guanidine groups is 1. The summed E-state index contributed by atoms with van der Waals surface area (Å²) >= 11 is 0. The average molecular weight is 503 g/mol. The first-order chi connectivity index (χ1) is 13.7. The molecule has 0 unspecified atom stereocenters. The molecule has 29 heavy (non-hydrogen) atoms. The van der Waals surface area contributed by atoms with Gasteiger partial charge in [-0.2, -0.15) is 0 Å². The minimum atomic E-state index is 0. The molecule has 0 aromatic carbocycles. The molecule has 0 spiro atoms. The van der Waals surface area contributed by atoms with E-state index in [9.17, 15) is 0 Å². The first-order valence-corrected chi connectivity index (χ1v) is 8.93. The van der Waals surface area contributed by atoms with Crippen LogP contribution in [-0.4, -0.2) is 42.1 Å². The number of hydrogen-bond donors (Lipinski definition) is 2. The second-order valence-corrected chi connectivity index (χ2v) is 6.19. The van der Waals surface area contributed by atoms with Gasteiger partial charge < -0.3 is 10.6 Å². The maximum absolute atomic E-state index is 4.51. The minimum absolute atomic E-state index is 0. The lowest BCUT2D eigenvalue weighted by Gasteiger charge is -2.11. The highest BCUT2D eigenvalue weighted by Crippen LogP contribution is 2.08. The topological polar surface area (TPSA) is 97.3 Å². The fourth-order valence-corrected chi connectivity index (χ4v) is 2.86. The van der Waals surface area contributed by atoms with Crippen molar-refractivity contribution in [2.45, 2.75) is 20.0 Å². The fraction of sp³-hybridized carbons (Fsp3) is 0.211. The van der Waals surface area contributed by atoms with Gasteiger partial charge in [0.15, 0.2) is 17.4 Å². The van der Waals surface area contributed by atoms with Crippen molar-refractivity contribution in [3.05, 3.63) is 72.3 Å². The lowest BCUT2D eigenvalue weighted by Crippen LogP contribution is -2.36. The van der Waals surface area contributed by atoms with Crippen molar-refractivity contribution in [3.63, 3.8) is 0 Å². The minimum Gasteiger partial charge on any atom is -0.352 e. The molecular weight excluding hydrogens is 481 g/mol. The Morgan fingerprint density at radius 2 is 1.90 bits per heavy atom. The Bertz CT molecular complexity index is 1100. The molecule has 4 heterocycles. The van der Waals surface area contributed by atoms with Crippen LogP contribution < -0.4 is 10.6 Å². The third-order valence-corrected chi connectivity index (χ3v) is 4.36. The van der Waals surface area contributed by atoms with Crippen LogP contribution in [0.5, 0.6) is 0 Å². The van der Waals surface area contributed by atoms with E-state index in [1.165, 1.54) is 0 Å². The van der Waals surface area contributed by atoms with Crippen molar-refractivity contribution in [1.82, 2.24) is 39.8 Å². The molecule has 0 saturated carbocycles. The van der Waals surface area contributed by atoms with Gasteiger partial charge in [0, 0.05) is 38.4 Å². The summed E-state index contributed by atoms with van der Waals surface area (Å²) in [6, 6.07) is 9.83. The van der Waals surface area contributed by atoms with Gasteiger partial charge >= 0.3 is 0 Å². The summed E-state index contributed by atoms with van der Waals surface area (Å²) in [6.45, 7) is 3.07. The molecule has 0 fully saturated rings. The monoisotopic (exact) mass is 503 g/mol. The Hall–Kier alpha value is -3.02. The van der Waals surface area contributed by atoms with E-state index in [0.29, 0.717) is 19.0 Å². The van der Waals surface area contributed by atoms with Crippen molar-refractivity contribution in [2.24, 2.45) is 4.99 Å². The van der Waals surface area contributed by atoms with E-state index >= 15 is 0 Å². The van der Waals surface area contributed by atoms with Gasteiger partial charge in [-0.25, -0.2) is 9.97 Å². The predicted octanol–water partition coefficient (Wildman–Crippen LogP) is 2.10. The maximum atomic E-state index is 4.51. The van der Waals surface area contributed by atoms with Gasteiger partial charge in [0.25, 0.3) is 0 Å². The van der Waals surface area contributed by atoms with Crippen molar-refractivity contribution in [1.29, 1.82) is 0 Å². The lowest BCUT2D eigenvalue weighted by molar-refractivity contribution is 0.761. The number of rotatable bonds is 5. The van der Waals surface area contributed by atoms with Crippen LogP contribution >= 0.6 is 24.0 Å². The Morgan fingerprint density at radius 3 is 2.62 bits per heavy atom. The van der Waals surface area contributed by atoms with Crippen molar-refractivity contribution >= 4 is 35.6 Å². The van der Waals surface area contributed by atoms with E-state index in [2.05, 4.69) is 35.8 Å². The second-order valence-electron chi connectivity index (χ2n) is 6.19. The smallest absolute Gasteiger partial charge is 0.191 e. The number of pyridine rings is 2. The zero-order valence-corrected chi connectivity index (χ0v) is 18.5. The largest absolute Gasteiger partial charge is 0.352 e. The standard InChI is InChI=1S/C19H21N9.HI/c1-14-21-8-10-27(14)16-7-6-15(11-22-16)12-23-19(20-2)24-13-18-26-25-17-5-3-4-9-28(17)18;/h3-11H,12-13H2,1-2H3,(H2,20,23,24);1H. The molecule has 9 nitrogen and oxygen atoms in total. The van der Waals surface area contributed by atoms with Gasteiger partial charge in [-0.05, 0) is 30.7 Å². The SMILES string of the molecule is CN=C(NCc1ccc(-n2ccnc2C)nc1)NCc1nnc2ccccn12.I. The van der Waals surface area contributed by atoms with Gasteiger partial charge in [-0.15, -0.1) is 34.2 Å². The van der Waals surface area contributed by atoms with Gasteiger partial charge in [-0.3, -0.25) is 14.0 Å². The van der Waals surface area contributed by atoms with E-state index in [1.54, 1.807) is 13.2 Å². The van der Waals surface area contributed by atoms with Gasteiger partial charge in [0.2, 0.25) is 0 Å². The summed E-state index contributed by atoms with van der Waals surface area (Å²) in [5.74, 6) is 3.26. The van der Waals surface area contributed by atoms with Crippen LogP contribution in [0.2, 0.25) is 0 Å². The summed E-state index contributed by atoms with van der Waals surface area (Å²) in [5.41, 5.74) is 1.87. The van der Waals surface area contributed by atoms with Crippen LogP contribution in [0.4, 0.5) is 0 Å². The molecule has 4 aromatic heterocycles. The van der Waals surface area contributed by atoms with Gasteiger partial charge in [0.05, 0.1) is 6.54 Å². The number of halogens is 1. The third kappa shape index (κ3) is 4.70. The molecule has 4 aromatic rings. The average Bonchev–Trinajstić information content (AvgIpc) is 3.35. The van der Waals surface area contributed by atoms with Crippen LogP contribution in [0.1, 0.15) is 17.2 Å². The summed E-state index contributed by atoms with van der Waals surface area (Å²) < 4.78 is 3.89. The lowest BCUT2D eigenvalue weighted by atomic mass is 10.3. The van der Waals surface area contributed by atoms with Crippen LogP contribution in [0.3, 0.4) is 0 Å². The van der Waals surface area contributed by atoms with Crippen LogP contribution in [-0.2, 0) is 13.1 Å². The zero-order valence-electron chi connectivity index (χ0n) is 16.1. The molecule has 10 heteroatoms. The Morgan fingerprint density at radius 1 is 1.03 bits per heavy atom. The number of nitrogens with one attached hydrogen (secondary N) is 2. The molecule has 4 rings (SSSR count). The van der Waals surface area contributed by atoms with E-state index in [4.69, 9.17) is 0 Å². The number of fused-ring (bicyclic) bond motifs is 1. The Balaban J connectivity index is 0.00000240. The molecule has 0 aliphatic rings. The summed E-state index contributed by atoms with van der Waals surface area (Å²) in [7, 11) is 1.74. The Kier molecular flexibility index (Phi) is 6.75. The fourth-order valence-electron chi connectivity index (χ4n) is 2.86. The molecule has 0 saturated heterocycles. The number of aliphatic imine (C=N–C) groups is 1. The highest BCUT2D eigenvalue weighted by molar-refractivity contribution is 14.0. The number of hydrogen-bond acceptors (Lipinski definition) is 5. The first-order valence-electron chi connectivity index (χ1n) is 8.93. The molecule has 0 atom stereocenters. The van der Waals surface area contributed by atoms with E-state index < -0.39 is 0 Å². The predicted molar refractivity (Wildman–Crippen MR) is 122 cm³/mol. The van der Waals surface area contributed by atoms with Gasteiger partial charge in [-0.1, -0.05) is 12.1 Å². The molecular formula is C19H22IN9. The van der Waals surface area contributed by atoms with Crippen molar-refractivity contribution in [3.8, 4) is 5.82 Å². The molecule has 2 N–H and O–H groups in total. The second kappa shape index (κ2) is 9.45. The first kappa shape index (κ1) is 20.7.